The summed E-state index contributed by atoms with van der Waals surface area (Å²) in [5.74, 6) is 0.724. The standard InChI is InChI=1S/C16H32N2O3/c1-5-18(6-2)16(20)15(13-14(3)21-4)17-11-9-7-8-10-12-19/h15,17,19H,3,5-13H2,1-2,4H3. The zero-order valence-corrected chi connectivity index (χ0v) is 13.9. The minimum Gasteiger partial charge on any atom is -0.502 e. The molecule has 1 atom stereocenters. The smallest absolute Gasteiger partial charge is 0.240 e. The molecule has 0 saturated heterocycles. The molecule has 0 radical (unpaired) electrons. The summed E-state index contributed by atoms with van der Waals surface area (Å²) in [6.45, 7) is 10.3. The van der Waals surface area contributed by atoms with Crippen LogP contribution in [-0.2, 0) is 9.53 Å². The Morgan fingerprint density at radius 1 is 1.24 bits per heavy atom. The lowest BCUT2D eigenvalue weighted by Crippen LogP contribution is -2.47. The maximum absolute atomic E-state index is 12.5. The summed E-state index contributed by atoms with van der Waals surface area (Å²) in [6.07, 6.45) is 4.44. The van der Waals surface area contributed by atoms with Crippen LogP contribution in [0.5, 0.6) is 0 Å². The van der Waals surface area contributed by atoms with Crippen molar-refractivity contribution in [3.63, 3.8) is 0 Å². The number of likely N-dealkylation sites (N-methyl/N-ethyl adjacent to an activating group) is 1. The van der Waals surface area contributed by atoms with Gasteiger partial charge in [-0.15, -0.1) is 0 Å². The molecule has 0 aromatic rings. The summed E-state index contributed by atoms with van der Waals surface area (Å²) in [6, 6.07) is -0.268. The first-order valence-electron chi connectivity index (χ1n) is 7.95. The van der Waals surface area contributed by atoms with Gasteiger partial charge >= 0.3 is 0 Å². The van der Waals surface area contributed by atoms with Gasteiger partial charge < -0.3 is 20.1 Å². The highest BCUT2D eigenvalue weighted by molar-refractivity contribution is 5.82. The largest absolute Gasteiger partial charge is 0.502 e. The number of amides is 1. The molecule has 0 saturated carbocycles. The number of unbranched alkanes of at least 4 members (excludes halogenated alkanes) is 3. The Bertz CT molecular complexity index is 291. The zero-order valence-electron chi connectivity index (χ0n) is 13.9. The number of hydrogen-bond donors (Lipinski definition) is 2. The summed E-state index contributed by atoms with van der Waals surface area (Å²) in [7, 11) is 1.58. The van der Waals surface area contributed by atoms with Crippen LogP contribution in [0.25, 0.3) is 0 Å². The molecule has 0 aliphatic rings. The molecule has 0 rings (SSSR count). The van der Waals surface area contributed by atoms with Crippen molar-refractivity contribution >= 4 is 5.91 Å². The Kier molecular flexibility index (Phi) is 12.0. The second-order valence-corrected chi connectivity index (χ2v) is 5.10. The summed E-state index contributed by atoms with van der Waals surface area (Å²) < 4.78 is 5.10. The van der Waals surface area contributed by atoms with E-state index < -0.39 is 0 Å². The number of rotatable bonds is 13. The Labute approximate surface area is 129 Å². The number of nitrogens with one attached hydrogen (secondary N) is 1. The van der Waals surface area contributed by atoms with Gasteiger partial charge in [0.15, 0.2) is 0 Å². The SMILES string of the molecule is C=C(CC(NCCCCCCO)C(=O)N(CC)CC)OC. The van der Waals surface area contributed by atoms with Crippen molar-refractivity contribution in [2.24, 2.45) is 0 Å². The molecule has 0 aliphatic heterocycles. The third-order valence-corrected chi connectivity index (χ3v) is 3.57. The number of carbonyl (C=O) groups is 1. The summed E-state index contributed by atoms with van der Waals surface area (Å²) in [4.78, 5) is 14.3. The van der Waals surface area contributed by atoms with E-state index in [4.69, 9.17) is 9.84 Å². The topological polar surface area (TPSA) is 61.8 Å². The molecule has 21 heavy (non-hydrogen) atoms. The van der Waals surface area contributed by atoms with Crippen LogP contribution in [-0.4, -0.2) is 55.3 Å². The lowest BCUT2D eigenvalue weighted by atomic mass is 10.1. The lowest BCUT2D eigenvalue weighted by molar-refractivity contribution is -0.133. The van der Waals surface area contributed by atoms with Crippen molar-refractivity contribution in [3.8, 4) is 0 Å². The average molecular weight is 300 g/mol. The Morgan fingerprint density at radius 3 is 2.38 bits per heavy atom. The van der Waals surface area contributed by atoms with Gasteiger partial charge in [0.2, 0.25) is 5.91 Å². The fraction of sp³-hybridized carbons (Fsp3) is 0.812. The number of methoxy groups -OCH3 is 1. The summed E-state index contributed by atoms with van der Waals surface area (Å²) in [5, 5.41) is 12.1. The minimum absolute atomic E-state index is 0.105. The first-order chi connectivity index (χ1) is 10.1. The fourth-order valence-electron chi connectivity index (χ4n) is 2.18. The quantitative estimate of drug-likeness (QED) is 0.403. The number of hydrogen-bond acceptors (Lipinski definition) is 4. The van der Waals surface area contributed by atoms with E-state index in [9.17, 15) is 4.79 Å². The Morgan fingerprint density at radius 2 is 1.86 bits per heavy atom. The maximum atomic E-state index is 12.5. The molecular weight excluding hydrogens is 268 g/mol. The van der Waals surface area contributed by atoms with E-state index >= 15 is 0 Å². The molecule has 0 aromatic carbocycles. The monoisotopic (exact) mass is 300 g/mol. The number of nitrogens with zero attached hydrogens (tertiary/aromatic N) is 1. The van der Waals surface area contributed by atoms with Gasteiger partial charge in [-0.1, -0.05) is 19.4 Å². The summed E-state index contributed by atoms with van der Waals surface area (Å²) >= 11 is 0. The molecule has 0 heterocycles. The van der Waals surface area contributed by atoms with Gasteiger partial charge in [0.05, 0.1) is 18.9 Å². The van der Waals surface area contributed by atoms with E-state index in [1.54, 1.807) is 7.11 Å². The van der Waals surface area contributed by atoms with Crippen LogP contribution in [0.4, 0.5) is 0 Å². The van der Waals surface area contributed by atoms with Crippen LogP contribution in [0.2, 0.25) is 0 Å². The molecule has 0 spiro atoms. The predicted molar refractivity (Wildman–Crippen MR) is 86.0 cm³/mol. The van der Waals surface area contributed by atoms with Gasteiger partial charge in [0.25, 0.3) is 0 Å². The number of aliphatic hydroxyl groups excluding tert-OH is 1. The second-order valence-electron chi connectivity index (χ2n) is 5.10. The van der Waals surface area contributed by atoms with Crippen molar-refractivity contribution < 1.29 is 14.6 Å². The summed E-state index contributed by atoms with van der Waals surface area (Å²) in [5.41, 5.74) is 0. The third kappa shape index (κ3) is 8.73. The molecule has 5 heteroatoms. The molecule has 1 amide bonds. The lowest BCUT2D eigenvalue weighted by Gasteiger charge is -2.26. The minimum atomic E-state index is -0.268. The average Bonchev–Trinajstić information content (AvgIpc) is 2.50. The second kappa shape index (κ2) is 12.7. The number of carbonyl (C=O) groups excluding carboxylic acids is 1. The van der Waals surface area contributed by atoms with Crippen LogP contribution in [0.1, 0.15) is 46.0 Å². The van der Waals surface area contributed by atoms with Crippen LogP contribution in [0.3, 0.4) is 0 Å². The van der Waals surface area contributed by atoms with Crippen LogP contribution >= 0.6 is 0 Å². The molecule has 0 fully saturated rings. The fourth-order valence-corrected chi connectivity index (χ4v) is 2.18. The van der Waals surface area contributed by atoms with E-state index in [1.165, 1.54) is 0 Å². The van der Waals surface area contributed by atoms with Crippen molar-refractivity contribution in [2.45, 2.75) is 52.0 Å². The molecule has 0 aliphatic carbocycles. The highest BCUT2D eigenvalue weighted by Gasteiger charge is 2.23. The van der Waals surface area contributed by atoms with Crippen molar-refractivity contribution in [1.82, 2.24) is 10.2 Å². The van der Waals surface area contributed by atoms with Gasteiger partial charge in [-0.3, -0.25) is 4.79 Å². The van der Waals surface area contributed by atoms with E-state index in [1.807, 2.05) is 18.7 Å². The van der Waals surface area contributed by atoms with Gasteiger partial charge in [-0.25, -0.2) is 0 Å². The third-order valence-electron chi connectivity index (χ3n) is 3.57. The van der Waals surface area contributed by atoms with E-state index in [2.05, 4.69) is 11.9 Å². The highest BCUT2D eigenvalue weighted by Crippen LogP contribution is 2.08. The van der Waals surface area contributed by atoms with Gasteiger partial charge in [0, 0.05) is 26.1 Å². The van der Waals surface area contributed by atoms with Gasteiger partial charge in [0.1, 0.15) is 0 Å². The van der Waals surface area contributed by atoms with Crippen molar-refractivity contribution in [2.75, 3.05) is 33.4 Å². The molecule has 124 valence electrons. The van der Waals surface area contributed by atoms with E-state index in [0.717, 1.165) is 32.2 Å². The normalized spacial score (nSPS) is 12.0. The highest BCUT2D eigenvalue weighted by atomic mass is 16.5. The van der Waals surface area contributed by atoms with E-state index in [-0.39, 0.29) is 18.6 Å². The van der Waals surface area contributed by atoms with Crippen LogP contribution in [0, 0.1) is 0 Å². The molecule has 1 unspecified atom stereocenters. The molecule has 0 bridgehead atoms. The van der Waals surface area contributed by atoms with Crippen molar-refractivity contribution in [1.29, 1.82) is 0 Å². The predicted octanol–water partition coefficient (Wildman–Crippen LogP) is 1.92. The van der Waals surface area contributed by atoms with E-state index in [0.29, 0.717) is 25.3 Å². The van der Waals surface area contributed by atoms with Gasteiger partial charge in [-0.05, 0) is 33.2 Å². The molecular formula is C16H32N2O3. The molecule has 5 nitrogen and oxygen atoms in total. The number of aliphatic hydroxyl groups is 1. The molecule has 2 N–H and O–H groups in total. The van der Waals surface area contributed by atoms with Crippen LogP contribution < -0.4 is 5.32 Å². The maximum Gasteiger partial charge on any atom is 0.240 e. The van der Waals surface area contributed by atoms with Gasteiger partial charge in [-0.2, -0.15) is 0 Å². The first kappa shape index (κ1) is 19.9. The Hall–Kier alpha value is -1.07. The Balaban J connectivity index is 4.32. The molecule has 0 aromatic heterocycles. The van der Waals surface area contributed by atoms with Crippen LogP contribution in [0.15, 0.2) is 12.3 Å². The van der Waals surface area contributed by atoms with Crippen molar-refractivity contribution in [3.05, 3.63) is 12.3 Å². The number of ether oxygens (including phenoxy) is 1. The zero-order chi connectivity index (χ0) is 16.1. The first-order valence-corrected chi connectivity index (χ1v) is 7.95.